The summed E-state index contributed by atoms with van der Waals surface area (Å²) in [5.74, 6) is 1.69. The summed E-state index contributed by atoms with van der Waals surface area (Å²) in [6, 6.07) is 1.88. The second-order valence-electron chi connectivity index (χ2n) is 9.15. The van der Waals surface area contributed by atoms with Crippen molar-refractivity contribution in [3.05, 3.63) is 23.8 Å². The van der Waals surface area contributed by atoms with E-state index in [0.29, 0.717) is 49.1 Å². The fraction of sp³-hybridized carbons (Fsp3) is 0.542. The van der Waals surface area contributed by atoms with E-state index in [1.165, 1.54) is 33.5 Å². The van der Waals surface area contributed by atoms with E-state index in [9.17, 15) is 4.79 Å². The molecule has 2 aliphatic heterocycles. The van der Waals surface area contributed by atoms with E-state index in [1.54, 1.807) is 6.07 Å². The van der Waals surface area contributed by atoms with Gasteiger partial charge in [0.2, 0.25) is 5.91 Å². The molecule has 1 aromatic carbocycles. The number of rotatable bonds is 5. The van der Waals surface area contributed by atoms with Crippen molar-refractivity contribution in [2.24, 2.45) is 11.8 Å². The Balaban J connectivity index is 1.33. The Morgan fingerprint density at radius 2 is 2.15 bits per heavy atom. The van der Waals surface area contributed by atoms with Gasteiger partial charge in [0.05, 0.1) is 14.2 Å². The molecule has 8 nitrogen and oxygen atoms in total. The van der Waals surface area contributed by atoms with Crippen LogP contribution < -0.4 is 20.5 Å². The number of methoxy groups -OCH3 is 2. The monoisotopic (exact) mass is 455 g/mol. The number of carbonyl (C=O) groups excluding carboxylic acids is 1. The van der Waals surface area contributed by atoms with Gasteiger partial charge in [-0.15, -0.1) is 0 Å². The number of nitrogens with zero attached hydrogens (tertiary/aromatic N) is 3. The summed E-state index contributed by atoms with van der Waals surface area (Å²) in [5.41, 5.74) is 7.09. The van der Waals surface area contributed by atoms with E-state index in [0.717, 1.165) is 18.0 Å². The first kappa shape index (κ1) is 21.9. The molecule has 3 heterocycles. The lowest BCUT2D eigenvalue weighted by atomic mass is 9.92. The molecule has 9 heteroatoms. The minimum absolute atomic E-state index is 0.0199. The molecule has 1 amide bonds. The number of hydrogen-bond donors (Lipinski definition) is 2. The van der Waals surface area contributed by atoms with Crippen LogP contribution in [-0.2, 0) is 4.79 Å². The zero-order valence-corrected chi connectivity index (χ0v) is 19.1. The maximum Gasteiger partial charge on any atom is 0.224 e. The Morgan fingerprint density at radius 1 is 1.30 bits per heavy atom. The van der Waals surface area contributed by atoms with Crippen LogP contribution in [0.3, 0.4) is 0 Å². The molecule has 1 saturated heterocycles. The largest absolute Gasteiger partial charge is 0.493 e. The van der Waals surface area contributed by atoms with Crippen molar-refractivity contribution in [2.75, 3.05) is 39.6 Å². The van der Waals surface area contributed by atoms with Crippen molar-refractivity contribution in [3.63, 3.8) is 0 Å². The Bertz CT molecular complexity index is 1120. The number of nitrogens with one attached hydrogen (secondary N) is 1. The third-order valence-electron chi connectivity index (χ3n) is 7.43. The predicted octanol–water partition coefficient (Wildman–Crippen LogP) is 2.76. The smallest absolute Gasteiger partial charge is 0.224 e. The lowest BCUT2D eigenvalue weighted by molar-refractivity contribution is -0.131. The molecule has 2 aromatic rings. The molecule has 1 saturated carbocycles. The van der Waals surface area contributed by atoms with Gasteiger partial charge in [0, 0.05) is 30.9 Å². The van der Waals surface area contributed by atoms with E-state index in [2.05, 4.69) is 15.3 Å². The van der Waals surface area contributed by atoms with Gasteiger partial charge in [0.1, 0.15) is 11.3 Å². The van der Waals surface area contributed by atoms with Crippen LogP contribution in [0.5, 0.6) is 11.5 Å². The average molecular weight is 456 g/mol. The van der Waals surface area contributed by atoms with Crippen LogP contribution in [0.2, 0.25) is 0 Å². The molecule has 5 rings (SSSR count). The Kier molecular flexibility index (Phi) is 5.82. The lowest BCUT2D eigenvalue weighted by Gasteiger charge is -2.28. The van der Waals surface area contributed by atoms with Crippen molar-refractivity contribution >= 4 is 28.2 Å². The SMILES string of the molecule is COc1cc2c(N)nc(C3=CCN(C(=O)C[C@@H]4NC[C@@H]5CCC[C@@H]54)CC3)nc2c(F)c1OC. The van der Waals surface area contributed by atoms with Crippen LogP contribution in [0.15, 0.2) is 12.1 Å². The van der Waals surface area contributed by atoms with Crippen molar-refractivity contribution in [3.8, 4) is 11.5 Å². The number of aromatic nitrogens is 2. The summed E-state index contributed by atoms with van der Waals surface area (Å²) in [6.07, 6.45) is 6.89. The highest BCUT2D eigenvalue weighted by Gasteiger charge is 2.40. The van der Waals surface area contributed by atoms with Gasteiger partial charge >= 0.3 is 0 Å². The Morgan fingerprint density at radius 3 is 2.88 bits per heavy atom. The lowest BCUT2D eigenvalue weighted by Crippen LogP contribution is -2.40. The highest BCUT2D eigenvalue weighted by atomic mass is 19.1. The van der Waals surface area contributed by atoms with Crippen LogP contribution in [0.1, 0.15) is 37.9 Å². The van der Waals surface area contributed by atoms with E-state index in [1.807, 2.05) is 11.0 Å². The number of nitrogen functional groups attached to an aromatic ring is 1. The van der Waals surface area contributed by atoms with Gasteiger partial charge in [-0.2, -0.15) is 0 Å². The Hall–Kier alpha value is -2.94. The number of fused-ring (bicyclic) bond motifs is 2. The molecule has 1 aromatic heterocycles. The highest BCUT2D eigenvalue weighted by molar-refractivity contribution is 5.92. The molecular formula is C24H30FN5O3. The first-order chi connectivity index (χ1) is 16.0. The quantitative estimate of drug-likeness (QED) is 0.715. The standard InChI is InChI=1S/C24H30FN5O3/c1-32-18-10-16-21(20(25)22(18)33-2)28-24(29-23(16)26)13-6-8-30(9-7-13)19(31)11-17-15-5-3-4-14(15)12-27-17/h6,10,14-15,17,27H,3-5,7-9,11-12H2,1-2H3,(H2,26,28,29)/t14-,15-,17-/m0/s1. The molecule has 0 bridgehead atoms. The minimum Gasteiger partial charge on any atom is -0.493 e. The van der Waals surface area contributed by atoms with E-state index < -0.39 is 5.82 Å². The van der Waals surface area contributed by atoms with Crippen molar-refractivity contribution < 1.29 is 18.7 Å². The van der Waals surface area contributed by atoms with Gasteiger partial charge in [0.15, 0.2) is 23.1 Å². The molecule has 33 heavy (non-hydrogen) atoms. The number of ether oxygens (including phenoxy) is 2. The fourth-order valence-electron chi connectivity index (χ4n) is 5.64. The summed E-state index contributed by atoms with van der Waals surface area (Å²) >= 11 is 0. The second kappa shape index (κ2) is 8.78. The molecule has 0 radical (unpaired) electrons. The van der Waals surface area contributed by atoms with Crippen LogP contribution in [0, 0.1) is 17.7 Å². The van der Waals surface area contributed by atoms with E-state index in [-0.39, 0.29) is 28.7 Å². The van der Waals surface area contributed by atoms with E-state index >= 15 is 4.39 Å². The molecule has 3 atom stereocenters. The third kappa shape index (κ3) is 3.88. The number of benzene rings is 1. The van der Waals surface area contributed by atoms with Gasteiger partial charge in [-0.25, -0.2) is 14.4 Å². The van der Waals surface area contributed by atoms with Crippen LogP contribution in [0.4, 0.5) is 10.2 Å². The fourth-order valence-corrected chi connectivity index (χ4v) is 5.64. The number of halogens is 1. The molecule has 3 N–H and O–H groups in total. The molecule has 0 unspecified atom stereocenters. The van der Waals surface area contributed by atoms with Gasteiger partial charge in [0.25, 0.3) is 0 Å². The van der Waals surface area contributed by atoms with Gasteiger partial charge in [-0.05, 0) is 49.3 Å². The summed E-state index contributed by atoms with van der Waals surface area (Å²) in [4.78, 5) is 23.7. The highest BCUT2D eigenvalue weighted by Crippen LogP contribution is 2.39. The molecule has 3 aliphatic rings. The van der Waals surface area contributed by atoms with Crippen molar-refractivity contribution in [1.82, 2.24) is 20.2 Å². The molecular weight excluding hydrogens is 425 g/mol. The molecule has 176 valence electrons. The molecule has 1 aliphatic carbocycles. The van der Waals surface area contributed by atoms with Gasteiger partial charge in [-0.3, -0.25) is 4.79 Å². The maximum atomic E-state index is 15.1. The summed E-state index contributed by atoms with van der Waals surface area (Å²) in [6.45, 7) is 2.12. The van der Waals surface area contributed by atoms with E-state index in [4.69, 9.17) is 15.2 Å². The average Bonchev–Trinajstić information content (AvgIpc) is 3.44. The van der Waals surface area contributed by atoms with Crippen LogP contribution in [-0.4, -0.2) is 60.7 Å². The first-order valence-electron chi connectivity index (χ1n) is 11.6. The number of carbonyl (C=O) groups is 1. The molecule has 0 spiro atoms. The van der Waals surface area contributed by atoms with Crippen LogP contribution >= 0.6 is 0 Å². The zero-order valence-electron chi connectivity index (χ0n) is 19.1. The van der Waals surface area contributed by atoms with Gasteiger partial charge < -0.3 is 25.4 Å². The summed E-state index contributed by atoms with van der Waals surface area (Å²) < 4.78 is 25.4. The van der Waals surface area contributed by atoms with Crippen molar-refractivity contribution in [2.45, 2.75) is 38.1 Å². The van der Waals surface area contributed by atoms with Gasteiger partial charge in [-0.1, -0.05) is 12.5 Å². The van der Waals surface area contributed by atoms with Crippen LogP contribution in [0.25, 0.3) is 16.5 Å². The number of amides is 1. The number of nitrogens with two attached hydrogens (primary N) is 1. The predicted molar refractivity (Wildman–Crippen MR) is 123 cm³/mol. The number of anilines is 1. The Labute approximate surface area is 192 Å². The topological polar surface area (TPSA) is 103 Å². The number of hydrogen-bond acceptors (Lipinski definition) is 7. The zero-order chi connectivity index (χ0) is 23.1. The normalized spacial score (nSPS) is 24.6. The van der Waals surface area contributed by atoms with Crippen molar-refractivity contribution in [1.29, 1.82) is 0 Å². The summed E-state index contributed by atoms with van der Waals surface area (Å²) in [7, 11) is 2.81. The minimum atomic E-state index is -0.635. The summed E-state index contributed by atoms with van der Waals surface area (Å²) in [5, 5.41) is 3.93. The maximum absolute atomic E-state index is 15.1. The molecule has 2 fully saturated rings. The second-order valence-corrected chi connectivity index (χ2v) is 9.15. The first-order valence-corrected chi connectivity index (χ1v) is 11.6. The third-order valence-corrected chi connectivity index (χ3v) is 7.43.